The van der Waals surface area contributed by atoms with Gasteiger partial charge in [0.1, 0.15) is 17.9 Å². The number of halogens is 2. The van der Waals surface area contributed by atoms with Gasteiger partial charge in [-0.05, 0) is 51.2 Å². The van der Waals surface area contributed by atoms with E-state index in [1.165, 1.54) is 6.07 Å². The Labute approximate surface area is 219 Å². The predicted octanol–water partition coefficient (Wildman–Crippen LogP) is 5.27. The maximum absolute atomic E-state index is 15.0. The summed E-state index contributed by atoms with van der Waals surface area (Å²) in [6, 6.07) is 11.1. The average Bonchev–Trinajstić information content (AvgIpc) is 3.31. The summed E-state index contributed by atoms with van der Waals surface area (Å²) < 4.78 is 41.4. The molecule has 1 saturated heterocycles. The number of anilines is 4. The number of fused-ring (bicyclic) bond motifs is 2. The Hall–Kier alpha value is -3.92. The predicted molar refractivity (Wildman–Crippen MR) is 145 cm³/mol. The van der Waals surface area contributed by atoms with E-state index in [0.717, 1.165) is 49.0 Å². The van der Waals surface area contributed by atoms with Gasteiger partial charge in [0.15, 0.2) is 17.4 Å². The van der Waals surface area contributed by atoms with Crippen molar-refractivity contribution >= 4 is 34.2 Å². The number of furan rings is 1. The normalized spacial score (nSPS) is 16.2. The van der Waals surface area contributed by atoms with Gasteiger partial charge in [-0.3, -0.25) is 5.32 Å². The van der Waals surface area contributed by atoms with Crippen molar-refractivity contribution in [3.05, 3.63) is 54.2 Å². The van der Waals surface area contributed by atoms with Crippen LogP contribution in [0, 0.1) is 11.6 Å². The lowest BCUT2D eigenvalue weighted by molar-refractivity contribution is 0.287. The molecule has 4 heterocycles. The summed E-state index contributed by atoms with van der Waals surface area (Å²) in [5, 5.41) is 3.98. The quantitative estimate of drug-likeness (QED) is 0.382. The van der Waals surface area contributed by atoms with Gasteiger partial charge in [-0.25, -0.2) is 18.7 Å². The van der Waals surface area contributed by atoms with E-state index < -0.39 is 11.6 Å². The Kier molecular flexibility index (Phi) is 6.27. The SMILES string of the molecule is CC(C)N1CCOc2c(F)cc(-c3nc(Nc4cc5cc(N6CCN(C)CC6)ccc5o4)ncc3F)cc21. The van der Waals surface area contributed by atoms with Crippen LogP contribution in [-0.2, 0) is 0 Å². The third kappa shape index (κ3) is 4.60. The van der Waals surface area contributed by atoms with Crippen molar-refractivity contribution in [2.24, 2.45) is 0 Å². The third-order valence-corrected chi connectivity index (χ3v) is 7.16. The minimum atomic E-state index is -0.649. The molecule has 1 fully saturated rings. The molecule has 1 N–H and O–H groups in total. The van der Waals surface area contributed by atoms with Crippen molar-refractivity contribution in [3.8, 4) is 17.0 Å². The largest absolute Gasteiger partial charge is 0.486 e. The highest BCUT2D eigenvalue weighted by atomic mass is 19.1. The lowest BCUT2D eigenvalue weighted by Crippen LogP contribution is -2.44. The maximum atomic E-state index is 15.0. The molecule has 0 unspecified atom stereocenters. The van der Waals surface area contributed by atoms with Crippen molar-refractivity contribution in [2.45, 2.75) is 19.9 Å². The molecule has 2 aromatic heterocycles. The zero-order valence-electron chi connectivity index (χ0n) is 21.7. The Balaban J connectivity index is 1.28. The van der Waals surface area contributed by atoms with Gasteiger partial charge < -0.3 is 23.9 Å². The van der Waals surface area contributed by atoms with Crippen molar-refractivity contribution in [1.29, 1.82) is 0 Å². The van der Waals surface area contributed by atoms with Crippen LogP contribution >= 0.6 is 0 Å². The summed E-state index contributed by atoms with van der Waals surface area (Å²) in [5.41, 5.74) is 2.75. The summed E-state index contributed by atoms with van der Waals surface area (Å²) >= 11 is 0. The number of benzene rings is 2. The van der Waals surface area contributed by atoms with Crippen LogP contribution in [0.3, 0.4) is 0 Å². The summed E-state index contributed by atoms with van der Waals surface area (Å²) in [6.07, 6.45) is 1.08. The molecular weight excluding hydrogens is 490 g/mol. The molecule has 10 heteroatoms. The first-order valence-electron chi connectivity index (χ1n) is 12.9. The van der Waals surface area contributed by atoms with Crippen molar-refractivity contribution in [3.63, 3.8) is 0 Å². The first kappa shape index (κ1) is 24.4. The first-order chi connectivity index (χ1) is 18.4. The highest BCUT2D eigenvalue weighted by Gasteiger charge is 2.26. The highest BCUT2D eigenvalue weighted by molar-refractivity contribution is 5.85. The van der Waals surface area contributed by atoms with Gasteiger partial charge in [0.05, 0.1) is 18.4 Å². The van der Waals surface area contributed by atoms with Gasteiger partial charge in [-0.1, -0.05) is 0 Å². The van der Waals surface area contributed by atoms with E-state index in [0.29, 0.717) is 30.3 Å². The fourth-order valence-electron chi connectivity index (χ4n) is 5.07. The number of likely N-dealkylation sites (N-methyl/N-ethyl adjacent to an activating group) is 1. The van der Waals surface area contributed by atoms with E-state index in [1.807, 2.05) is 30.9 Å². The van der Waals surface area contributed by atoms with Gasteiger partial charge in [0.2, 0.25) is 11.8 Å². The van der Waals surface area contributed by atoms with Gasteiger partial charge in [-0.15, -0.1) is 0 Å². The molecule has 2 aliphatic rings. The molecule has 0 saturated carbocycles. The topological polar surface area (TPSA) is 69.9 Å². The van der Waals surface area contributed by atoms with E-state index in [2.05, 4.69) is 44.3 Å². The second-order valence-electron chi connectivity index (χ2n) is 10.1. The number of ether oxygens (including phenoxy) is 1. The molecule has 6 rings (SSSR count). The lowest BCUT2D eigenvalue weighted by Gasteiger charge is -2.34. The van der Waals surface area contributed by atoms with Crippen LogP contribution in [0.5, 0.6) is 5.75 Å². The highest BCUT2D eigenvalue weighted by Crippen LogP contribution is 2.39. The van der Waals surface area contributed by atoms with Gasteiger partial charge in [0.25, 0.3) is 0 Å². The molecule has 198 valence electrons. The number of nitrogens with zero attached hydrogens (tertiary/aromatic N) is 5. The zero-order chi connectivity index (χ0) is 26.4. The fraction of sp³-hybridized carbons (Fsp3) is 0.357. The zero-order valence-corrected chi connectivity index (χ0v) is 21.7. The summed E-state index contributed by atoms with van der Waals surface area (Å²) in [7, 11) is 2.13. The van der Waals surface area contributed by atoms with Gasteiger partial charge >= 0.3 is 0 Å². The van der Waals surface area contributed by atoms with Crippen LogP contribution in [0.2, 0.25) is 0 Å². The van der Waals surface area contributed by atoms with Crippen molar-refractivity contribution in [2.75, 3.05) is 61.5 Å². The van der Waals surface area contributed by atoms with Gasteiger partial charge in [-0.2, -0.15) is 0 Å². The van der Waals surface area contributed by atoms with Crippen LogP contribution in [0.15, 0.2) is 47.0 Å². The molecule has 0 spiro atoms. The number of rotatable bonds is 5. The minimum Gasteiger partial charge on any atom is -0.486 e. The van der Waals surface area contributed by atoms with E-state index >= 15 is 0 Å². The Morgan fingerprint density at radius 2 is 1.79 bits per heavy atom. The second-order valence-corrected chi connectivity index (χ2v) is 10.1. The molecule has 38 heavy (non-hydrogen) atoms. The number of nitrogens with one attached hydrogen (secondary N) is 1. The standard InChI is InChI=1S/C28H30F2N6O2/c1-17(2)36-10-11-37-27-21(29)13-19(14-23(27)36)26-22(30)16-31-28(33-26)32-25-15-18-12-20(4-5-24(18)38-25)35-8-6-34(3)7-9-35/h4-5,12-17H,6-11H2,1-3H3,(H,31,32,33). The molecule has 8 nitrogen and oxygen atoms in total. The smallest absolute Gasteiger partial charge is 0.230 e. The van der Waals surface area contributed by atoms with Crippen molar-refractivity contribution in [1.82, 2.24) is 14.9 Å². The fourth-order valence-corrected chi connectivity index (χ4v) is 5.07. The lowest BCUT2D eigenvalue weighted by atomic mass is 10.1. The number of piperazine rings is 1. The Morgan fingerprint density at radius 1 is 0.974 bits per heavy atom. The van der Waals surface area contributed by atoms with Crippen LogP contribution in [0.1, 0.15) is 13.8 Å². The number of hydrogen-bond donors (Lipinski definition) is 1. The maximum Gasteiger partial charge on any atom is 0.230 e. The third-order valence-electron chi connectivity index (χ3n) is 7.16. The monoisotopic (exact) mass is 520 g/mol. The van der Waals surface area contributed by atoms with E-state index in [1.54, 1.807) is 6.07 Å². The average molecular weight is 521 g/mol. The van der Waals surface area contributed by atoms with E-state index in [-0.39, 0.29) is 23.4 Å². The molecule has 0 bridgehead atoms. The van der Waals surface area contributed by atoms with E-state index in [4.69, 9.17) is 9.15 Å². The summed E-state index contributed by atoms with van der Waals surface area (Å²) in [4.78, 5) is 15.2. The number of aromatic nitrogens is 2. The summed E-state index contributed by atoms with van der Waals surface area (Å²) in [6.45, 7) is 9.06. The van der Waals surface area contributed by atoms with Crippen LogP contribution < -0.4 is 19.9 Å². The Morgan fingerprint density at radius 3 is 2.58 bits per heavy atom. The number of hydrogen-bond acceptors (Lipinski definition) is 8. The van der Waals surface area contributed by atoms with Crippen LogP contribution in [0.4, 0.5) is 32.0 Å². The molecule has 2 aliphatic heterocycles. The molecule has 0 amide bonds. The molecule has 2 aromatic carbocycles. The second kappa shape index (κ2) is 9.75. The molecule has 0 atom stereocenters. The van der Waals surface area contributed by atoms with Crippen LogP contribution in [-0.4, -0.2) is 67.3 Å². The first-order valence-corrected chi connectivity index (χ1v) is 12.9. The van der Waals surface area contributed by atoms with Crippen molar-refractivity contribution < 1.29 is 17.9 Å². The van der Waals surface area contributed by atoms with Gasteiger partial charge in [0, 0.05) is 54.9 Å². The molecule has 0 aliphatic carbocycles. The summed E-state index contributed by atoms with van der Waals surface area (Å²) in [5.74, 6) is -0.438. The molecule has 0 radical (unpaired) electrons. The minimum absolute atomic E-state index is 0.00746. The Bertz CT molecular complexity index is 1480. The molecular formula is C28H30F2N6O2. The van der Waals surface area contributed by atoms with E-state index in [9.17, 15) is 8.78 Å². The van der Waals surface area contributed by atoms with Crippen LogP contribution in [0.25, 0.3) is 22.2 Å². The molecule has 4 aromatic rings.